The Labute approximate surface area is 254 Å². The Bertz CT molecular complexity index is 1940. The molecule has 44 heavy (non-hydrogen) atoms. The summed E-state index contributed by atoms with van der Waals surface area (Å²) in [5.41, 5.74) is 6.90. The quantitative estimate of drug-likeness (QED) is 0.164. The Morgan fingerprint density at radius 3 is 2.48 bits per heavy atom. The lowest BCUT2D eigenvalue weighted by molar-refractivity contribution is 0.186. The normalized spacial score (nSPS) is 14.5. The van der Waals surface area contributed by atoms with Gasteiger partial charge in [0.2, 0.25) is 5.95 Å². The molecule has 4 heterocycles. The lowest BCUT2D eigenvalue weighted by Crippen LogP contribution is -2.28. The molecule has 0 spiro atoms. The Morgan fingerprint density at radius 1 is 0.818 bits per heavy atom. The predicted molar refractivity (Wildman–Crippen MR) is 173 cm³/mol. The van der Waals surface area contributed by atoms with Crippen molar-refractivity contribution in [1.29, 1.82) is 0 Å². The molecule has 6 aromatic rings. The maximum absolute atomic E-state index is 12.7. The van der Waals surface area contributed by atoms with Gasteiger partial charge in [-0.1, -0.05) is 42.5 Å². The van der Waals surface area contributed by atoms with E-state index < -0.39 is 6.23 Å². The van der Waals surface area contributed by atoms with Crippen LogP contribution in [0.25, 0.3) is 28.3 Å². The molecule has 3 aromatic carbocycles. The summed E-state index contributed by atoms with van der Waals surface area (Å²) in [7, 11) is 0. The molecule has 0 radical (unpaired) electrons. The van der Waals surface area contributed by atoms with E-state index in [1.54, 1.807) is 6.20 Å². The molecule has 1 unspecified atom stereocenters. The Kier molecular flexibility index (Phi) is 7.31. The molecule has 10 nitrogen and oxygen atoms in total. The van der Waals surface area contributed by atoms with Crippen LogP contribution in [0.15, 0.2) is 116 Å². The third-order valence-electron chi connectivity index (χ3n) is 7.51. The number of hydrogen-bond donors (Lipinski definition) is 4. The first-order valence-corrected chi connectivity index (χ1v) is 14.5. The minimum atomic E-state index is -0.467. The molecule has 1 atom stereocenters. The second kappa shape index (κ2) is 11.9. The van der Waals surface area contributed by atoms with Gasteiger partial charge in [-0.15, -0.1) is 0 Å². The number of imidazole rings is 1. The fourth-order valence-corrected chi connectivity index (χ4v) is 5.49. The molecule has 1 aliphatic heterocycles. The van der Waals surface area contributed by atoms with Crippen molar-refractivity contribution < 1.29 is 9.90 Å². The van der Waals surface area contributed by atoms with Gasteiger partial charge in [0.05, 0.1) is 17.1 Å². The average Bonchev–Trinajstić information content (AvgIpc) is 3.65. The monoisotopic (exact) mass is 582 g/mol. The van der Waals surface area contributed by atoms with Crippen LogP contribution in [-0.4, -0.2) is 43.3 Å². The van der Waals surface area contributed by atoms with Crippen LogP contribution in [0.3, 0.4) is 0 Å². The standard InChI is InChI=1S/C34H30N8O2/c43-30-16-8-20-41(30)27-14-7-13-26(22-27)36-33-35-18-17-28(39-33)32-31(40-29-15-4-5-19-42(29)32)23-9-6-12-25(21-23)38-34(44)37-24-10-2-1-3-11-24/h1-7,9-15,17-19,21-22,30,43H,8,16,20H2,(H,35,36,39)(H2,37,38,44). The van der Waals surface area contributed by atoms with Gasteiger partial charge in [-0.25, -0.2) is 19.7 Å². The molecule has 2 amide bonds. The fourth-order valence-electron chi connectivity index (χ4n) is 5.49. The van der Waals surface area contributed by atoms with Crippen molar-refractivity contribution in [1.82, 2.24) is 19.4 Å². The van der Waals surface area contributed by atoms with E-state index in [0.717, 1.165) is 53.4 Å². The Hall–Kier alpha value is -5.74. The van der Waals surface area contributed by atoms with Gasteiger partial charge in [-0.05, 0) is 73.5 Å². The summed E-state index contributed by atoms with van der Waals surface area (Å²) in [6.07, 6.45) is 4.94. The molecular weight excluding hydrogens is 552 g/mol. The highest BCUT2D eigenvalue weighted by Gasteiger charge is 2.22. The van der Waals surface area contributed by atoms with Gasteiger partial charge in [0.15, 0.2) is 0 Å². The van der Waals surface area contributed by atoms with E-state index in [9.17, 15) is 9.90 Å². The topological polar surface area (TPSA) is 120 Å². The Morgan fingerprint density at radius 2 is 1.61 bits per heavy atom. The largest absolute Gasteiger partial charge is 0.374 e. The summed E-state index contributed by atoms with van der Waals surface area (Å²) < 4.78 is 2.00. The van der Waals surface area contributed by atoms with Crippen molar-refractivity contribution in [3.05, 3.63) is 116 Å². The van der Waals surface area contributed by atoms with Crippen molar-refractivity contribution in [2.45, 2.75) is 19.1 Å². The predicted octanol–water partition coefficient (Wildman–Crippen LogP) is 6.76. The third-order valence-corrected chi connectivity index (χ3v) is 7.51. The summed E-state index contributed by atoms with van der Waals surface area (Å²) >= 11 is 0. The van der Waals surface area contributed by atoms with Crippen molar-refractivity contribution in [3.63, 3.8) is 0 Å². The average molecular weight is 583 g/mol. The van der Waals surface area contributed by atoms with Gasteiger partial charge in [-0.3, -0.25) is 4.40 Å². The van der Waals surface area contributed by atoms with Crippen LogP contribution >= 0.6 is 0 Å². The summed E-state index contributed by atoms with van der Waals surface area (Å²) in [5, 5.41) is 19.4. The highest BCUT2D eigenvalue weighted by molar-refractivity contribution is 6.00. The summed E-state index contributed by atoms with van der Waals surface area (Å²) in [4.78, 5) is 29.0. The van der Waals surface area contributed by atoms with Gasteiger partial charge in [0.1, 0.15) is 11.9 Å². The molecule has 4 N–H and O–H groups in total. The molecule has 3 aromatic heterocycles. The zero-order chi connectivity index (χ0) is 29.9. The lowest BCUT2D eigenvalue weighted by Gasteiger charge is -2.23. The number of fused-ring (bicyclic) bond motifs is 1. The van der Waals surface area contributed by atoms with E-state index in [0.29, 0.717) is 23.0 Å². The zero-order valence-electron chi connectivity index (χ0n) is 23.8. The second-order valence-electron chi connectivity index (χ2n) is 10.5. The van der Waals surface area contributed by atoms with Gasteiger partial charge < -0.3 is 26.0 Å². The second-order valence-corrected chi connectivity index (χ2v) is 10.5. The van der Waals surface area contributed by atoms with E-state index >= 15 is 0 Å². The number of aliphatic hydroxyl groups is 1. The summed E-state index contributed by atoms with van der Waals surface area (Å²) in [6.45, 7) is 0.822. The van der Waals surface area contributed by atoms with E-state index in [1.165, 1.54) is 0 Å². The van der Waals surface area contributed by atoms with Gasteiger partial charge in [-0.2, -0.15) is 0 Å². The number of anilines is 5. The number of carbonyl (C=O) groups is 1. The smallest absolute Gasteiger partial charge is 0.323 e. The number of aromatic nitrogens is 4. The summed E-state index contributed by atoms with van der Waals surface area (Å²) in [5.74, 6) is 0.437. The SMILES string of the molecule is O=C(Nc1ccccc1)Nc1cccc(-c2nc3ccccn3c2-c2ccnc(Nc3cccc(N4CCCC4O)c3)n2)c1. The number of urea groups is 1. The molecular formula is C34H30N8O2. The molecule has 1 aliphatic rings. The van der Waals surface area contributed by atoms with E-state index in [2.05, 4.69) is 20.9 Å². The highest BCUT2D eigenvalue weighted by Crippen LogP contribution is 2.34. The van der Waals surface area contributed by atoms with Crippen LogP contribution in [0.2, 0.25) is 0 Å². The molecule has 0 bridgehead atoms. The van der Waals surface area contributed by atoms with E-state index in [4.69, 9.17) is 9.97 Å². The number of carbonyl (C=O) groups excluding carboxylic acids is 1. The number of nitrogens with zero attached hydrogens (tertiary/aromatic N) is 5. The van der Waals surface area contributed by atoms with E-state index in [-0.39, 0.29) is 6.03 Å². The maximum Gasteiger partial charge on any atom is 0.323 e. The van der Waals surface area contributed by atoms with Gasteiger partial charge in [0, 0.05) is 47.3 Å². The lowest BCUT2D eigenvalue weighted by atomic mass is 10.1. The van der Waals surface area contributed by atoms with Gasteiger partial charge >= 0.3 is 6.03 Å². The van der Waals surface area contributed by atoms with Gasteiger partial charge in [0.25, 0.3) is 0 Å². The van der Waals surface area contributed by atoms with Crippen molar-refractivity contribution in [2.75, 3.05) is 27.4 Å². The molecule has 0 saturated carbocycles. The van der Waals surface area contributed by atoms with Crippen LogP contribution in [0.5, 0.6) is 0 Å². The van der Waals surface area contributed by atoms with Crippen LogP contribution in [0.4, 0.5) is 33.5 Å². The molecule has 10 heteroatoms. The summed E-state index contributed by atoms with van der Waals surface area (Å²) in [6, 6.07) is 32.1. The number of rotatable bonds is 7. The zero-order valence-corrected chi connectivity index (χ0v) is 23.8. The van der Waals surface area contributed by atoms with Crippen molar-refractivity contribution >= 4 is 40.4 Å². The maximum atomic E-state index is 12.7. The first-order chi connectivity index (χ1) is 21.6. The van der Waals surface area contributed by atoms with Crippen molar-refractivity contribution in [2.24, 2.45) is 0 Å². The molecule has 1 fully saturated rings. The molecule has 7 rings (SSSR count). The molecule has 0 aliphatic carbocycles. The number of hydrogen-bond acceptors (Lipinski definition) is 7. The van der Waals surface area contributed by atoms with Crippen LogP contribution in [0, 0.1) is 0 Å². The van der Waals surface area contributed by atoms with E-state index in [1.807, 2.05) is 119 Å². The number of aliphatic hydroxyl groups excluding tert-OH is 1. The molecule has 218 valence electrons. The number of para-hydroxylation sites is 1. The molecule has 1 saturated heterocycles. The van der Waals surface area contributed by atoms with Crippen LogP contribution < -0.4 is 20.9 Å². The number of pyridine rings is 1. The highest BCUT2D eigenvalue weighted by atomic mass is 16.3. The minimum Gasteiger partial charge on any atom is -0.374 e. The number of benzene rings is 3. The first kappa shape index (κ1) is 27.1. The van der Waals surface area contributed by atoms with Crippen LogP contribution in [0.1, 0.15) is 12.8 Å². The number of nitrogens with one attached hydrogen (secondary N) is 3. The Balaban J connectivity index is 1.19. The minimum absolute atomic E-state index is 0.335. The number of amides is 2. The first-order valence-electron chi connectivity index (χ1n) is 14.5. The fraction of sp³-hybridized carbons (Fsp3) is 0.118. The van der Waals surface area contributed by atoms with Crippen LogP contribution in [-0.2, 0) is 0 Å². The third kappa shape index (κ3) is 5.66. The van der Waals surface area contributed by atoms with Crippen molar-refractivity contribution in [3.8, 4) is 22.6 Å².